The lowest BCUT2D eigenvalue weighted by Gasteiger charge is -2.33. The molecule has 2 amide bonds. The summed E-state index contributed by atoms with van der Waals surface area (Å²) in [6, 6.07) is 13.3. The molecule has 7 nitrogen and oxygen atoms in total. The quantitative estimate of drug-likeness (QED) is 0.379. The second-order valence-electron chi connectivity index (χ2n) is 11.1. The Bertz CT molecular complexity index is 1200. The Morgan fingerprint density at radius 1 is 0.949 bits per heavy atom. The van der Waals surface area contributed by atoms with Crippen molar-refractivity contribution >= 4 is 27.5 Å². The smallest absolute Gasteiger partial charge is 0.243 e. The number of aryl methyl sites for hydroxylation is 3. The van der Waals surface area contributed by atoms with E-state index < -0.39 is 16.1 Å². The van der Waals surface area contributed by atoms with Crippen LogP contribution in [0.2, 0.25) is 0 Å². The van der Waals surface area contributed by atoms with Crippen molar-refractivity contribution in [2.24, 2.45) is 0 Å². The predicted molar refractivity (Wildman–Crippen MR) is 158 cm³/mol. The van der Waals surface area contributed by atoms with Gasteiger partial charge in [-0.2, -0.15) is 0 Å². The Morgan fingerprint density at radius 3 is 2.13 bits per heavy atom. The van der Waals surface area contributed by atoms with E-state index in [0.29, 0.717) is 25.1 Å². The standard InChI is InChI=1S/C31H45N3O4S/c1-6-29(31(36)32-27-11-8-7-9-12-27)33(22-26-16-14-23(2)15-17-26)30(35)13-10-18-34(39(5,37)38)28-20-24(3)19-25(4)21-28/h14-17,19-21,27,29H,6-13,18,22H2,1-5H3,(H,32,36). The highest BCUT2D eigenvalue weighted by molar-refractivity contribution is 7.92. The Morgan fingerprint density at radius 2 is 1.56 bits per heavy atom. The minimum absolute atomic E-state index is 0.0992. The van der Waals surface area contributed by atoms with Crippen LogP contribution in [0.3, 0.4) is 0 Å². The fourth-order valence-corrected chi connectivity index (χ4v) is 6.40. The van der Waals surface area contributed by atoms with Gasteiger partial charge in [0.2, 0.25) is 21.8 Å². The molecular formula is C31H45N3O4S. The molecule has 0 aromatic heterocycles. The first kappa shape index (κ1) is 30.7. The SMILES string of the molecule is CCC(C(=O)NC1CCCCC1)N(Cc1ccc(C)cc1)C(=O)CCCN(c1cc(C)cc(C)c1)S(C)(=O)=O. The molecule has 1 saturated carbocycles. The zero-order valence-corrected chi connectivity index (χ0v) is 25.0. The predicted octanol–water partition coefficient (Wildman–Crippen LogP) is 5.41. The van der Waals surface area contributed by atoms with Gasteiger partial charge in [-0.3, -0.25) is 13.9 Å². The Labute approximate surface area is 235 Å². The molecule has 0 saturated heterocycles. The lowest BCUT2D eigenvalue weighted by atomic mass is 9.95. The third-order valence-corrected chi connectivity index (χ3v) is 8.65. The highest BCUT2D eigenvalue weighted by atomic mass is 32.2. The van der Waals surface area contributed by atoms with E-state index in [1.165, 1.54) is 17.0 Å². The largest absolute Gasteiger partial charge is 0.352 e. The molecule has 1 aliphatic carbocycles. The summed E-state index contributed by atoms with van der Waals surface area (Å²) in [6.45, 7) is 8.35. The van der Waals surface area contributed by atoms with Crippen molar-refractivity contribution in [3.8, 4) is 0 Å². The number of anilines is 1. The maximum atomic E-state index is 13.7. The van der Waals surface area contributed by atoms with Crippen LogP contribution in [0.5, 0.6) is 0 Å². The monoisotopic (exact) mass is 555 g/mol. The van der Waals surface area contributed by atoms with Gasteiger partial charge in [-0.05, 0) is 75.3 Å². The van der Waals surface area contributed by atoms with Crippen molar-refractivity contribution < 1.29 is 18.0 Å². The van der Waals surface area contributed by atoms with Gasteiger partial charge < -0.3 is 10.2 Å². The van der Waals surface area contributed by atoms with E-state index in [-0.39, 0.29) is 30.8 Å². The molecule has 1 N–H and O–H groups in total. The van der Waals surface area contributed by atoms with Crippen LogP contribution in [0.4, 0.5) is 5.69 Å². The number of nitrogens with one attached hydrogen (secondary N) is 1. The summed E-state index contributed by atoms with van der Waals surface area (Å²) in [5.74, 6) is -0.243. The molecule has 0 aliphatic heterocycles. The van der Waals surface area contributed by atoms with Crippen LogP contribution in [-0.4, -0.2) is 50.0 Å². The molecule has 1 aliphatic rings. The van der Waals surface area contributed by atoms with Crippen molar-refractivity contribution in [3.63, 3.8) is 0 Å². The summed E-state index contributed by atoms with van der Waals surface area (Å²) < 4.78 is 26.7. The van der Waals surface area contributed by atoms with Gasteiger partial charge in [-0.25, -0.2) is 8.42 Å². The summed E-state index contributed by atoms with van der Waals surface area (Å²) in [4.78, 5) is 28.8. The Kier molecular flexibility index (Phi) is 11.0. The zero-order chi connectivity index (χ0) is 28.6. The van der Waals surface area contributed by atoms with E-state index in [1.807, 2.05) is 70.2 Å². The lowest BCUT2D eigenvalue weighted by molar-refractivity contribution is -0.141. The number of carbonyl (C=O) groups excluding carboxylic acids is 2. The second kappa shape index (κ2) is 14.0. The summed E-state index contributed by atoms with van der Waals surface area (Å²) >= 11 is 0. The molecule has 0 bridgehead atoms. The zero-order valence-electron chi connectivity index (χ0n) is 24.2. The van der Waals surface area contributed by atoms with Crippen LogP contribution in [0.1, 0.15) is 80.5 Å². The van der Waals surface area contributed by atoms with Crippen molar-refractivity contribution in [1.82, 2.24) is 10.2 Å². The molecule has 214 valence electrons. The van der Waals surface area contributed by atoms with E-state index in [2.05, 4.69) is 5.32 Å². The Balaban J connectivity index is 1.76. The van der Waals surface area contributed by atoms with Crippen molar-refractivity contribution in [1.29, 1.82) is 0 Å². The minimum atomic E-state index is -3.53. The first-order valence-corrected chi connectivity index (χ1v) is 16.0. The average Bonchev–Trinajstić information content (AvgIpc) is 2.86. The number of amides is 2. The van der Waals surface area contributed by atoms with Gasteiger partial charge in [0.1, 0.15) is 6.04 Å². The van der Waals surface area contributed by atoms with Crippen LogP contribution in [0.25, 0.3) is 0 Å². The van der Waals surface area contributed by atoms with Crippen LogP contribution in [0.15, 0.2) is 42.5 Å². The molecule has 0 heterocycles. The first-order valence-electron chi connectivity index (χ1n) is 14.2. The van der Waals surface area contributed by atoms with Crippen molar-refractivity contribution in [2.45, 2.75) is 97.7 Å². The molecule has 0 spiro atoms. The number of nitrogens with zero attached hydrogens (tertiary/aromatic N) is 2. The highest BCUT2D eigenvalue weighted by Crippen LogP contribution is 2.23. The topological polar surface area (TPSA) is 86.8 Å². The summed E-state index contributed by atoms with van der Waals surface area (Å²) in [5, 5.41) is 3.21. The van der Waals surface area contributed by atoms with E-state index in [1.54, 1.807) is 4.90 Å². The van der Waals surface area contributed by atoms with E-state index >= 15 is 0 Å². The molecule has 3 rings (SSSR count). The van der Waals surface area contributed by atoms with Crippen LogP contribution in [0, 0.1) is 20.8 Å². The lowest BCUT2D eigenvalue weighted by Crippen LogP contribution is -2.51. The maximum Gasteiger partial charge on any atom is 0.243 e. The molecule has 8 heteroatoms. The summed E-state index contributed by atoms with van der Waals surface area (Å²) in [6.07, 6.45) is 7.60. The van der Waals surface area contributed by atoms with Crippen LogP contribution < -0.4 is 9.62 Å². The van der Waals surface area contributed by atoms with Gasteiger partial charge in [0, 0.05) is 25.6 Å². The van der Waals surface area contributed by atoms with E-state index in [4.69, 9.17) is 0 Å². The van der Waals surface area contributed by atoms with Gasteiger partial charge in [0.25, 0.3) is 0 Å². The maximum absolute atomic E-state index is 13.7. The molecule has 0 radical (unpaired) electrons. The van der Waals surface area contributed by atoms with Crippen molar-refractivity contribution in [3.05, 3.63) is 64.7 Å². The van der Waals surface area contributed by atoms with E-state index in [0.717, 1.165) is 47.9 Å². The first-order chi connectivity index (χ1) is 18.5. The molecule has 2 aromatic carbocycles. The van der Waals surface area contributed by atoms with Gasteiger partial charge in [0.15, 0.2) is 0 Å². The summed E-state index contributed by atoms with van der Waals surface area (Å²) in [5.41, 5.74) is 4.66. The molecule has 1 atom stereocenters. The third-order valence-electron chi connectivity index (χ3n) is 7.46. The number of sulfonamides is 1. The molecule has 1 unspecified atom stereocenters. The average molecular weight is 556 g/mol. The van der Waals surface area contributed by atoms with Gasteiger partial charge >= 0.3 is 0 Å². The number of hydrogen-bond acceptors (Lipinski definition) is 4. The van der Waals surface area contributed by atoms with Gasteiger partial charge in [0.05, 0.1) is 11.9 Å². The molecule has 39 heavy (non-hydrogen) atoms. The van der Waals surface area contributed by atoms with Gasteiger partial charge in [-0.1, -0.05) is 62.1 Å². The van der Waals surface area contributed by atoms with Crippen molar-refractivity contribution in [2.75, 3.05) is 17.1 Å². The fraction of sp³-hybridized carbons (Fsp3) is 0.548. The van der Waals surface area contributed by atoms with Crippen LogP contribution >= 0.6 is 0 Å². The Hall–Kier alpha value is -2.87. The number of benzene rings is 2. The highest BCUT2D eigenvalue weighted by Gasteiger charge is 2.30. The van der Waals surface area contributed by atoms with Crippen LogP contribution in [-0.2, 0) is 26.2 Å². The van der Waals surface area contributed by atoms with E-state index in [9.17, 15) is 18.0 Å². The second-order valence-corrected chi connectivity index (χ2v) is 13.0. The molecule has 2 aromatic rings. The normalized spacial score (nSPS) is 15.0. The fourth-order valence-electron chi connectivity index (χ4n) is 5.45. The number of carbonyl (C=O) groups is 2. The third kappa shape index (κ3) is 9.09. The minimum Gasteiger partial charge on any atom is -0.352 e. The molecular weight excluding hydrogens is 510 g/mol. The number of rotatable bonds is 12. The molecule has 1 fully saturated rings. The summed E-state index contributed by atoms with van der Waals surface area (Å²) in [7, 11) is -3.53. The van der Waals surface area contributed by atoms with Gasteiger partial charge in [-0.15, -0.1) is 0 Å². The number of hydrogen-bond donors (Lipinski definition) is 1.